The lowest BCUT2D eigenvalue weighted by Gasteiger charge is -2.23. The van der Waals surface area contributed by atoms with E-state index in [1.54, 1.807) is 11.8 Å². The van der Waals surface area contributed by atoms with Crippen LogP contribution < -0.4 is 11.1 Å². The first kappa shape index (κ1) is 20.8. The first-order valence-electron chi connectivity index (χ1n) is 8.58. The molecule has 1 saturated heterocycles. The molecule has 0 aliphatic carbocycles. The minimum Gasteiger partial charge on any atom is -0.326 e. The third-order valence-electron chi connectivity index (χ3n) is 4.89. The normalized spacial score (nSPS) is 21.0. The van der Waals surface area contributed by atoms with Crippen LogP contribution >= 0.6 is 24.2 Å². The van der Waals surface area contributed by atoms with Gasteiger partial charge in [-0.25, -0.2) is 0 Å². The fourth-order valence-corrected chi connectivity index (χ4v) is 3.80. The number of likely N-dealkylation sites (tertiary alicyclic amines) is 1. The zero-order valence-electron chi connectivity index (χ0n) is 15.1. The van der Waals surface area contributed by atoms with Gasteiger partial charge in [-0.3, -0.25) is 9.69 Å². The highest BCUT2D eigenvalue weighted by Crippen LogP contribution is 2.28. The molecule has 0 radical (unpaired) electrons. The summed E-state index contributed by atoms with van der Waals surface area (Å²) in [6.07, 6.45) is 2.03. The minimum atomic E-state index is -0.210. The second-order valence-electron chi connectivity index (χ2n) is 6.53. The van der Waals surface area contributed by atoms with E-state index >= 15 is 0 Å². The second kappa shape index (κ2) is 9.42. The highest BCUT2D eigenvalue weighted by molar-refractivity contribution is 7.98. The van der Waals surface area contributed by atoms with E-state index in [0.717, 1.165) is 23.7 Å². The third kappa shape index (κ3) is 4.80. The molecule has 1 fully saturated rings. The Morgan fingerprint density at radius 3 is 2.62 bits per heavy atom. The van der Waals surface area contributed by atoms with Gasteiger partial charge in [-0.05, 0) is 36.9 Å². The van der Waals surface area contributed by atoms with Crippen LogP contribution in [0, 0.1) is 0 Å². The molecule has 0 aromatic heterocycles. The molecule has 1 heterocycles. The van der Waals surface area contributed by atoms with Gasteiger partial charge < -0.3 is 11.1 Å². The number of carbonyl (C=O) groups is 1. The second-order valence-corrected chi connectivity index (χ2v) is 7.41. The number of anilines is 1. The van der Waals surface area contributed by atoms with Crippen molar-refractivity contribution in [1.29, 1.82) is 0 Å². The van der Waals surface area contributed by atoms with Gasteiger partial charge in [-0.2, -0.15) is 0 Å². The minimum absolute atomic E-state index is 0. The van der Waals surface area contributed by atoms with E-state index in [4.69, 9.17) is 5.73 Å². The smallest absolute Gasteiger partial charge is 0.241 e. The van der Waals surface area contributed by atoms with Crippen LogP contribution in [0.25, 0.3) is 0 Å². The molecule has 3 atom stereocenters. The predicted octanol–water partition coefficient (Wildman–Crippen LogP) is 3.58. The number of halogens is 1. The van der Waals surface area contributed by atoms with E-state index in [-0.39, 0.29) is 36.3 Å². The molecule has 1 unspecified atom stereocenters. The largest absolute Gasteiger partial charge is 0.326 e. The molecule has 1 aliphatic heterocycles. The van der Waals surface area contributed by atoms with E-state index in [9.17, 15) is 4.79 Å². The Balaban J connectivity index is 0.00000243. The summed E-state index contributed by atoms with van der Waals surface area (Å²) in [7, 11) is 0. The quantitative estimate of drug-likeness (QED) is 0.765. The Bertz CT molecular complexity index is 728. The van der Waals surface area contributed by atoms with Crippen LogP contribution in [0.2, 0.25) is 0 Å². The molecule has 0 spiro atoms. The van der Waals surface area contributed by atoms with E-state index in [1.165, 1.54) is 5.56 Å². The van der Waals surface area contributed by atoms with E-state index in [0.29, 0.717) is 0 Å². The third-order valence-corrected chi connectivity index (χ3v) is 5.61. The number of nitrogens with one attached hydrogen (secondary N) is 1. The Hall–Kier alpha value is -1.53. The van der Waals surface area contributed by atoms with Gasteiger partial charge in [0.1, 0.15) is 0 Å². The molecule has 1 aliphatic rings. The molecule has 6 heteroatoms. The van der Waals surface area contributed by atoms with E-state index in [1.807, 2.05) is 55.6 Å². The maximum absolute atomic E-state index is 12.6. The number of benzene rings is 2. The molecule has 3 N–H and O–H groups in total. The van der Waals surface area contributed by atoms with Gasteiger partial charge in [-0.1, -0.05) is 36.4 Å². The summed E-state index contributed by atoms with van der Waals surface area (Å²) in [6, 6.07) is 18.1. The van der Waals surface area contributed by atoms with Crippen LogP contribution in [0.15, 0.2) is 59.5 Å². The molecule has 2 aromatic rings. The number of hydrogen-bond acceptors (Lipinski definition) is 4. The first-order chi connectivity index (χ1) is 12.1. The van der Waals surface area contributed by atoms with Crippen molar-refractivity contribution >= 4 is 35.8 Å². The average Bonchev–Trinajstić information content (AvgIpc) is 3.03. The standard InChI is InChI=1S/C20H25N3OS.ClH/c1-14(20(24)22-16-9-6-10-17(11-16)25-2)23-12-18(19(21)13-23)15-7-4-3-5-8-15;/h3-11,14,18-19H,12-13,21H2,1-2H3,(H,22,24);1H/t14?,18-,19+;/m0./s1. The van der Waals surface area contributed by atoms with Crippen LogP contribution in [0.1, 0.15) is 18.4 Å². The van der Waals surface area contributed by atoms with Crippen LogP contribution in [-0.2, 0) is 4.79 Å². The van der Waals surface area contributed by atoms with Gasteiger partial charge in [0.2, 0.25) is 5.91 Å². The highest BCUT2D eigenvalue weighted by Gasteiger charge is 2.35. The number of hydrogen-bond donors (Lipinski definition) is 2. The molecule has 3 rings (SSSR count). The van der Waals surface area contributed by atoms with Gasteiger partial charge in [-0.15, -0.1) is 24.2 Å². The number of rotatable bonds is 5. The van der Waals surface area contributed by atoms with Crippen molar-refractivity contribution < 1.29 is 4.79 Å². The molecule has 26 heavy (non-hydrogen) atoms. The zero-order valence-corrected chi connectivity index (χ0v) is 16.7. The predicted molar refractivity (Wildman–Crippen MR) is 112 cm³/mol. The molecular formula is C20H26ClN3OS. The highest BCUT2D eigenvalue weighted by atomic mass is 35.5. The van der Waals surface area contributed by atoms with Crippen LogP contribution in [0.4, 0.5) is 5.69 Å². The maximum atomic E-state index is 12.6. The van der Waals surface area contributed by atoms with E-state index < -0.39 is 0 Å². The average molecular weight is 392 g/mol. The summed E-state index contributed by atoms with van der Waals surface area (Å²) in [6.45, 7) is 3.50. The van der Waals surface area contributed by atoms with Crippen molar-refractivity contribution in [3.8, 4) is 0 Å². The zero-order chi connectivity index (χ0) is 17.8. The molecule has 4 nitrogen and oxygen atoms in total. The van der Waals surface area contributed by atoms with Crippen LogP contribution in [-0.4, -0.2) is 42.2 Å². The van der Waals surface area contributed by atoms with Crippen LogP contribution in [0.3, 0.4) is 0 Å². The number of nitrogens with two attached hydrogens (primary N) is 1. The monoisotopic (exact) mass is 391 g/mol. The van der Waals surface area contributed by atoms with Crippen molar-refractivity contribution in [3.63, 3.8) is 0 Å². The Labute approximate surface area is 165 Å². The van der Waals surface area contributed by atoms with Gasteiger partial charge >= 0.3 is 0 Å². The maximum Gasteiger partial charge on any atom is 0.241 e. The fraction of sp³-hybridized carbons (Fsp3) is 0.350. The summed E-state index contributed by atoms with van der Waals surface area (Å²) in [5.74, 6) is 0.287. The lowest BCUT2D eigenvalue weighted by atomic mass is 9.95. The molecule has 2 aromatic carbocycles. The van der Waals surface area contributed by atoms with Crippen molar-refractivity contribution in [2.24, 2.45) is 5.73 Å². The van der Waals surface area contributed by atoms with Gasteiger partial charge in [0.25, 0.3) is 0 Å². The lowest BCUT2D eigenvalue weighted by molar-refractivity contribution is -0.120. The van der Waals surface area contributed by atoms with Crippen molar-refractivity contribution in [2.45, 2.75) is 29.8 Å². The summed E-state index contributed by atoms with van der Waals surface area (Å²) in [5.41, 5.74) is 8.44. The Morgan fingerprint density at radius 1 is 1.19 bits per heavy atom. The number of amides is 1. The van der Waals surface area contributed by atoms with Gasteiger partial charge in [0.15, 0.2) is 0 Å². The van der Waals surface area contributed by atoms with Crippen molar-refractivity contribution in [1.82, 2.24) is 4.90 Å². The van der Waals surface area contributed by atoms with Gasteiger partial charge in [0, 0.05) is 35.6 Å². The molecule has 0 bridgehead atoms. The summed E-state index contributed by atoms with van der Waals surface area (Å²) in [5, 5.41) is 3.03. The topological polar surface area (TPSA) is 58.4 Å². The van der Waals surface area contributed by atoms with Gasteiger partial charge in [0.05, 0.1) is 6.04 Å². The van der Waals surface area contributed by atoms with Crippen molar-refractivity contribution in [2.75, 3.05) is 24.7 Å². The Morgan fingerprint density at radius 2 is 1.92 bits per heavy atom. The molecule has 140 valence electrons. The van der Waals surface area contributed by atoms with Crippen molar-refractivity contribution in [3.05, 3.63) is 60.2 Å². The number of nitrogens with zero attached hydrogens (tertiary/aromatic N) is 1. The fourth-order valence-electron chi connectivity index (χ4n) is 3.34. The first-order valence-corrected chi connectivity index (χ1v) is 9.80. The summed E-state index contributed by atoms with van der Waals surface area (Å²) in [4.78, 5) is 16.0. The summed E-state index contributed by atoms with van der Waals surface area (Å²) >= 11 is 1.66. The SMILES string of the molecule is CSc1cccc(NC(=O)C(C)N2C[C@@H](N)[C@H](c3ccccc3)C2)c1.Cl. The number of carbonyl (C=O) groups excluding carboxylic acids is 1. The molecule has 0 saturated carbocycles. The Kier molecular flexibility index (Phi) is 7.53. The number of thioether (sulfide) groups is 1. The van der Waals surface area contributed by atoms with Crippen LogP contribution in [0.5, 0.6) is 0 Å². The summed E-state index contributed by atoms with van der Waals surface area (Å²) < 4.78 is 0. The molecular weight excluding hydrogens is 366 g/mol. The lowest BCUT2D eigenvalue weighted by Crippen LogP contribution is -2.41. The molecule has 1 amide bonds. The van der Waals surface area contributed by atoms with E-state index in [2.05, 4.69) is 22.3 Å².